The first-order chi connectivity index (χ1) is 12.0. The van der Waals surface area contributed by atoms with Gasteiger partial charge in [-0.15, -0.1) is 0 Å². The summed E-state index contributed by atoms with van der Waals surface area (Å²) in [5.74, 6) is -0.0655. The number of aliphatic hydroxyl groups is 1. The van der Waals surface area contributed by atoms with Crippen molar-refractivity contribution in [2.75, 3.05) is 12.9 Å². The minimum atomic E-state index is -4.60. The summed E-state index contributed by atoms with van der Waals surface area (Å²) in [5.41, 5.74) is -0.713. The number of halogens is 3. The largest absolute Gasteiger partial charge is 0.477 e. The summed E-state index contributed by atoms with van der Waals surface area (Å²) < 4.78 is 67.9. The van der Waals surface area contributed by atoms with Crippen molar-refractivity contribution in [3.63, 3.8) is 0 Å². The molecule has 5 nitrogen and oxygen atoms in total. The molecule has 142 valence electrons. The normalized spacial score (nSPS) is 13.5. The van der Waals surface area contributed by atoms with Crippen molar-refractivity contribution in [1.29, 1.82) is 0 Å². The van der Waals surface area contributed by atoms with E-state index in [1.165, 1.54) is 24.3 Å². The van der Waals surface area contributed by atoms with Gasteiger partial charge in [0.05, 0.1) is 23.2 Å². The smallest absolute Gasteiger partial charge is 0.417 e. The molecule has 2 rings (SSSR count). The van der Waals surface area contributed by atoms with Crippen LogP contribution in [0.2, 0.25) is 0 Å². The predicted molar refractivity (Wildman–Crippen MR) is 89.6 cm³/mol. The fourth-order valence-electron chi connectivity index (χ4n) is 2.15. The second-order valence-electron chi connectivity index (χ2n) is 5.86. The van der Waals surface area contributed by atoms with E-state index in [-0.39, 0.29) is 34.9 Å². The molecule has 2 aromatic rings. The topological polar surface area (TPSA) is 76.5 Å². The summed E-state index contributed by atoms with van der Waals surface area (Å²) in [7, 11) is -3.53. The van der Waals surface area contributed by atoms with E-state index in [1.54, 1.807) is 6.92 Å². The molecule has 26 heavy (non-hydrogen) atoms. The van der Waals surface area contributed by atoms with Crippen molar-refractivity contribution in [3.05, 3.63) is 42.1 Å². The summed E-state index contributed by atoms with van der Waals surface area (Å²) in [6.45, 7) is 1.61. The number of rotatable bonds is 6. The van der Waals surface area contributed by atoms with Gasteiger partial charge in [-0.3, -0.25) is 0 Å². The maximum absolute atomic E-state index is 13.0. The van der Waals surface area contributed by atoms with Gasteiger partial charge in [0.15, 0.2) is 9.84 Å². The molecule has 0 aliphatic carbocycles. The average Bonchev–Trinajstić information content (AvgIpc) is 2.53. The molecule has 9 heteroatoms. The summed E-state index contributed by atoms with van der Waals surface area (Å²) in [6.07, 6.45) is -3.31. The van der Waals surface area contributed by atoms with Crippen LogP contribution in [0, 0.1) is 0 Å². The van der Waals surface area contributed by atoms with Gasteiger partial charge in [-0.25, -0.2) is 13.4 Å². The van der Waals surface area contributed by atoms with Gasteiger partial charge in [-0.05, 0) is 30.7 Å². The highest BCUT2D eigenvalue weighted by molar-refractivity contribution is 7.90. The van der Waals surface area contributed by atoms with E-state index in [1.807, 2.05) is 0 Å². The fourth-order valence-corrected chi connectivity index (χ4v) is 2.82. The average molecular weight is 389 g/mol. The van der Waals surface area contributed by atoms with Crippen molar-refractivity contribution in [1.82, 2.24) is 4.98 Å². The van der Waals surface area contributed by atoms with Crippen molar-refractivity contribution in [2.24, 2.45) is 0 Å². The number of aromatic nitrogens is 1. The Hall–Kier alpha value is -2.13. The number of hydrogen-bond donors (Lipinski definition) is 1. The lowest BCUT2D eigenvalue weighted by atomic mass is 10.1. The van der Waals surface area contributed by atoms with Crippen LogP contribution >= 0.6 is 0 Å². The molecule has 0 aliphatic heterocycles. The standard InChI is InChI=1S/C17H18F3NO4S/c1-11(22)6-7-25-16-15(9-13(10-21-16)17(18,19)20)12-4-3-5-14(8-12)26(2,23)24/h3-5,8-11,22H,6-7H2,1-2H3/t11-/m1/s1. The summed E-state index contributed by atoms with van der Waals surface area (Å²) in [5, 5.41) is 9.28. The van der Waals surface area contributed by atoms with E-state index in [4.69, 9.17) is 4.74 Å². The van der Waals surface area contributed by atoms with Gasteiger partial charge in [0, 0.05) is 24.4 Å². The van der Waals surface area contributed by atoms with Gasteiger partial charge in [-0.2, -0.15) is 13.2 Å². The number of benzene rings is 1. The molecule has 1 atom stereocenters. The molecule has 0 unspecified atom stereocenters. The van der Waals surface area contributed by atoms with Crippen molar-refractivity contribution in [2.45, 2.75) is 30.5 Å². The molecule has 0 bridgehead atoms. The molecule has 0 fully saturated rings. The molecule has 0 aliphatic rings. The van der Waals surface area contributed by atoms with Crippen LogP contribution in [0.3, 0.4) is 0 Å². The highest BCUT2D eigenvalue weighted by atomic mass is 32.2. The molecule has 0 saturated heterocycles. The van der Waals surface area contributed by atoms with Crippen molar-refractivity contribution >= 4 is 9.84 Å². The number of nitrogens with zero attached hydrogens (tertiary/aromatic N) is 1. The number of pyridine rings is 1. The minimum absolute atomic E-state index is 0.0240. The molecule has 0 spiro atoms. The Bertz CT molecular complexity index is 880. The third-order valence-electron chi connectivity index (χ3n) is 3.53. The first kappa shape index (κ1) is 20.2. The van der Waals surface area contributed by atoms with Crippen LogP contribution in [-0.4, -0.2) is 37.5 Å². The summed E-state index contributed by atoms with van der Waals surface area (Å²) in [6, 6.07) is 6.41. The predicted octanol–water partition coefficient (Wildman–Crippen LogP) is 3.32. The van der Waals surface area contributed by atoms with Crippen LogP contribution in [0.1, 0.15) is 18.9 Å². The van der Waals surface area contributed by atoms with E-state index in [0.717, 1.165) is 12.3 Å². The Morgan fingerprint density at radius 3 is 2.54 bits per heavy atom. The first-order valence-electron chi connectivity index (χ1n) is 7.67. The monoisotopic (exact) mass is 389 g/mol. The Labute approximate surface area is 149 Å². The molecular formula is C17H18F3NO4S. The van der Waals surface area contributed by atoms with E-state index in [2.05, 4.69) is 4.98 Å². The van der Waals surface area contributed by atoms with Gasteiger partial charge in [0.1, 0.15) is 0 Å². The minimum Gasteiger partial charge on any atom is -0.477 e. The quantitative estimate of drug-likeness (QED) is 0.820. The van der Waals surface area contributed by atoms with Gasteiger partial charge in [0.25, 0.3) is 0 Å². The van der Waals surface area contributed by atoms with E-state index in [0.29, 0.717) is 6.20 Å². The van der Waals surface area contributed by atoms with Crippen LogP contribution in [0.4, 0.5) is 13.2 Å². The van der Waals surface area contributed by atoms with Gasteiger partial charge in [-0.1, -0.05) is 12.1 Å². The lowest BCUT2D eigenvalue weighted by molar-refractivity contribution is -0.137. The lowest BCUT2D eigenvalue weighted by Crippen LogP contribution is -2.10. The van der Waals surface area contributed by atoms with Crippen molar-refractivity contribution < 1.29 is 31.4 Å². The summed E-state index contributed by atoms with van der Waals surface area (Å²) in [4.78, 5) is 3.71. The molecule has 1 aromatic carbocycles. The Kier molecular flexibility index (Phi) is 5.92. The molecule has 0 saturated carbocycles. The van der Waals surface area contributed by atoms with Crippen LogP contribution in [-0.2, 0) is 16.0 Å². The molecule has 1 heterocycles. The van der Waals surface area contributed by atoms with Crippen LogP contribution < -0.4 is 4.74 Å². The number of hydrogen-bond acceptors (Lipinski definition) is 5. The molecule has 0 radical (unpaired) electrons. The number of alkyl halides is 3. The number of sulfone groups is 1. The second-order valence-corrected chi connectivity index (χ2v) is 7.88. The lowest BCUT2D eigenvalue weighted by Gasteiger charge is -2.14. The Balaban J connectivity index is 2.52. The maximum Gasteiger partial charge on any atom is 0.417 e. The zero-order valence-electron chi connectivity index (χ0n) is 14.1. The third kappa shape index (κ3) is 5.18. The SMILES string of the molecule is C[C@@H](O)CCOc1ncc(C(F)(F)F)cc1-c1cccc(S(C)(=O)=O)c1. The highest BCUT2D eigenvalue weighted by Crippen LogP contribution is 2.36. The first-order valence-corrected chi connectivity index (χ1v) is 9.56. The third-order valence-corrected chi connectivity index (χ3v) is 4.64. The maximum atomic E-state index is 13.0. The molecular weight excluding hydrogens is 371 g/mol. The van der Waals surface area contributed by atoms with Crippen LogP contribution in [0.5, 0.6) is 5.88 Å². The zero-order valence-corrected chi connectivity index (χ0v) is 14.9. The van der Waals surface area contributed by atoms with E-state index in [9.17, 15) is 26.7 Å². The number of aliphatic hydroxyl groups excluding tert-OH is 1. The molecule has 1 N–H and O–H groups in total. The molecule has 1 aromatic heterocycles. The van der Waals surface area contributed by atoms with Crippen LogP contribution in [0.15, 0.2) is 41.4 Å². The zero-order chi connectivity index (χ0) is 19.5. The summed E-state index contributed by atoms with van der Waals surface area (Å²) >= 11 is 0. The Morgan fingerprint density at radius 1 is 1.27 bits per heavy atom. The van der Waals surface area contributed by atoms with Gasteiger partial charge in [0.2, 0.25) is 5.88 Å². The van der Waals surface area contributed by atoms with E-state index < -0.39 is 27.7 Å². The van der Waals surface area contributed by atoms with Gasteiger partial charge < -0.3 is 9.84 Å². The second kappa shape index (κ2) is 7.63. The molecule has 0 amide bonds. The van der Waals surface area contributed by atoms with Crippen molar-refractivity contribution in [3.8, 4) is 17.0 Å². The van der Waals surface area contributed by atoms with Crippen LogP contribution in [0.25, 0.3) is 11.1 Å². The Morgan fingerprint density at radius 2 is 1.96 bits per heavy atom. The van der Waals surface area contributed by atoms with Gasteiger partial charge >= 0.3 is 6.18 Å². The van der Waals surface area contributed by atoms with E-state index >= 15 is 0 Å². The fraction of sp³-hybridized carbons (Fsp3) is 0.353. The number of ether oxygens (including phenoxy) is 1. The highest BCUT2D eigenvalue weighted by Gasteiger charge is 2.32.